The summed E-state index contributed by atoms with van der Waals surface area (Å²) in [6.45, 7) is 2.06. The van der Waals surface area contributed by atoms with Crippen molar-refractivity contribution in [2.75, 3.05) is 25.3 Å². The highest BCUT2D eigenvalue weighted by molar-refractivity contribution is 5.78. The average Bonchev–Trinajstić information content (AvgIpc) is 2.91. The van der Waals surface area contributed by atoms with Gasteiger partial charge in [-0.3, -0.25) is 0 Å². The maximum absolute atomic E-state index is 5.56. The molecular formula is C18H19NO2. The lowest BCUT2D eigenvalue weighted by Crippen LogP contribution is -2.30. The SMILES string of the molecule is c1ccc2c(c1)Cc1cc(NCC3CCOCO3)ccc1-2. The molecule has 1 aliphatic carbocycles. The van der Waals surface area contributed by atoms with Crippen LogP contribution in [0.25, 0.3) is 11.1 Å². The first-order chi connectivity index (χ1) is 10.4. The summed E-state index contributed by atoms with van der Waals surface area (Å²) in [7, 11) is 0. The van der Waals surface area contributed by atoms with Gasteiger partial charge in [-0.05, 0) is 47.2 Å². The van der Waals surface area contributed by atoms with Crippen molar-refractivity contribution in [1.82, 2.24) is 0 Å². The summed E-state index contributed by atoms with van der Waals surface area (Å²) < 4.78 is 10.8. The zero-order valence-corrected chi connectivity index (χ0v) is 12.0. The fraction of sp³-hybridized carbons (Fsp3) is 0.333. The fourth-order valence-corrected chi connectivity index (χ4v) is 3.15. The van der Waals surface area contributed by atoms with Crippen molar-refractivity contribution in [2.45, 2.75) is 18.9 Å². The molecule has 1 aliphatic heterocycles. The van der Waals surface area contributed by atoms with Crippen LogP contribution >= 0.6 is 0 Å². The molecule has 2 aliphatic rings. The molecule has 1 fully saturated rings. The highest BCUT2D eigenvalue weighted by Gasteiger charge is 2.18. The van der Waals surface area contributed by atoms with Crippen LogP contribution in [0.1, 0.15) is 17.5 Å². The third-order valence-corrected chi connectivity index (χ3v) is 4.30. The predicted molar refractivity (Wildman–Crippen MR) is 83.5 cm³/mol. The third-order valence-electron chi connectivity index (χ3n) is 4.30. The van der Waals surface area contributed by atoms with Gasteiger partial charge in [0.1, 0.15) is 6.79 Å². The second kappa shape index (κ2) is 5.51. The van der Waals surface area contributed by atoms with Crippen molar-refractivity contribution in [1.29, 1.82) is 0 Å². The summed E-state index contributed by atoms with van der Waals surface area (Å²) in [5.41, 5.74) is 6.77. The van der Waals surface area contributed by atoms with Gasteiger partial charge in [-0.1, -0.05) is 30.3 Å². The molecule has 21 heavy (non-hydrogen) atoms. The molecular weight excluding hydrogens is 262 g/mol. The predicted octanol–water partition coefficient (Wildman–Crippen LogP) is 3.43. The number of anilines is 1. The molecule has 0 amide bonds. The maximum Gasteiger partial charge on any atom is 0.147 e. The number of nitrogens with one attached hydrogen (secondary N) is 1. The summed E-state index contributed by atoms with van der Waals surface area (Å²) >= 11 is 0. The molecule has 0 saturated carbocycles. The Labute approximate surface area is 124 Å². The molecule has 3 heteroatoms. The number of hydrogen-bond acceptors (Lipinski definition) is 3. The van der Waals surface area contributed by atoms with E-state index in [0.717, 1.165) is 26.0 Å². The zero-order chi connectivity index (χ0) is 14.1. The number of fused-ring (bicyclic) bond motifs is 3. The third kappa shape index (κ3) is 2.55. The van der Waals surface area contributed by atoms with E-state index in [4.69, 9.17) is 9.47 Å². The van der Waals surface area contributed by atoms with Crippen LogP contribution in [0.15, 0.2) is 42.5 Å². The van der Waals surface area contributed by atoms with E-state index in [1.54, 1.807) is 0 Å². The summed E-state index contributed by atoms with van der Waals surface area (Å²) in [6, 6.07) is 15.3. The van der Waals surface area contributed by atoms with Gasteiger partial charge >= 0.3 is 0 Å². The summed E-state index contributed by atoms with van der Waals surface area (Å²) in [5, 5.41) is 3.49. The number of rotatable bonds is 3. The first kappa shape index (κ1) is 12.9. The van der Waals surface area contributed by atoms with Gasteiger partial charge in [0.25, 0.3) is 0 Å². The molecule has 108 valence electrons. The Kier molecular flexibility index (Phi) is 3.37. The Morgan fingerprint density at radius 2 is 1.95 bits per heavy atom. The Bertz CT molecular complexity index is 647. The Balaban J connectivity index is 1.48. The Morgan fingerprint density at radius 3 is 2.86 bits per heavy atom. The van der Waals surface area contributed by atoms with Crippen molar-refractivity contribution in [3.63, 3.8) is 0 Å². The molecule has 2 aromatic carbocycles. The minimum Gasteiger partial charge on any atom is -0.382 e. The van der Waals surface area contributed by atoms with E-state index in [-0.39, 0.29) is 6.10 Å². The van der Waals surface area contributed by atoms with E-state index in [2.05, 4.69) is 47.8 Å². The summed E-state index contributed by atoms with van der Waals surface area (Å²) in [6.07, 6.45) is 2.25. The van der Waals surface area contributed by atoms with Crippen LogP contribution < -0.4 is 5.32 Å². The summed E-state index contributed by atoms with van der Waals surface area (Å²) in [4.78, 5) is 0. The van der Waals surface area contributed by atoms with Gasteiger partial charge in [0.05, 0.1) is 12.7 Å². The number of benzene rings is 2. The molecule has 3 nitrogen and oxygen atoms in total. The standard InChI is InChI=1S/C18H19NO2/c1-2-4-17-13(3-1)9-14-10-15(5-6-18(14)17)19-11-16-7-8-20-12-21-16/h1-6,10,16,19H,7-9,11-12H2. The van der Waals surface area contributed by atoms with Gasteiger partial charge < -0.3 is 14.8 Å². The van der Waals surface area contributed by atoms with Gasteiger partial charge in [-0.15, -0.1) is 0 Å². The molecule has 0 spiro atoms. The second-order valence-electron chi connectivity index (χ2n) is 5.69. The first-order valence-electron chi connectivity index (χ1n) is 7.54. The minimum atomic E-state index is 0.254. The van der Waals surface area contributed by atoms with Gasteiger partial charge in [-0.25, -0.2) is 0 Å². The van der Waals surface area contributed by atoms with Crippen LogP contribution in [-0.4, -0.2) is 26.0 Å². The van der Waals surface area contributed by atoms with Crippen molar-refractivity contribution in [2.24, 2.45) is 0 Å². The van der Waals surface area contributed by atoms with E-state index in [0.29, 0.717) is 6.79 Å². The maximum atomic E-state index is 5.56. The van der Waals surface area contributed by atoms with E-state index in [9.17, 15) is 0 Å². The molecule has 1 unspecified atom stereocenters. The average molecular weight is 281 g/mol. The Hall–Kier alpha value is -1.84. The van der Waals surface area contributed by atoms with Crippen molar-refractivity contribution in [3.05, 3.63) is 53.6 Å². The van der Waals surface area contributed by atoms with Gasteiger partial charge in [0.15, 0.2) is 0 Å². The monoisotopic (exact) mass is 281 g/mol. The molecule has 4 rings (SSSR count). The van der Waals surface area contributed by atoms with Crippen LogP contribution in [-0.2, 0) is 15.9 Å². The molecule has 1 heterocycles. The highest BCUT2D eigenvalue weighted by atomic mass is 16.7. The van der Waals surface area contributed by atoms with Crippen molar-refractivity contribution >= 4 is 5.69 Å². The van der Waals surface area contributed by atoms with E-state index < -0.39 is 0 Å². The first-order valence-corrected chi connectivity index (χ1v) is 7.54. The van der Waals surface area contributed by atoms with Crippen LogP contribution in [0.3, 0.4) is 0 Å². The fourth-order valence-electron chi connectivity index (χ4n) is 3.15. The molecule has 1 saturated heterocycles. The topological polar surface area (TPSA) is 30.5 Å². The van der Waals surface area contributed by atoms with Gasteiger partial charge in [0, 0.05) is 12.2 Å². The molecule has 0 bridgehead atoms. The quantitative estimate of drug-likeness (QED) is 0.798. The largest absolute Gasteiger partial charge is 0.382 e. The Morgan fingerprint density at radius 1 is 1.05 bits per heavy atom. The lowest BCUT2D eigenvalue weighted by atomic mass is 10.1. The van der Waals surface area contributed by atoms with Crippen LogP contribution in [0, 0.1) is 0 Å². The lowest BCUT2D eigenvalue weighted by Gasteiger charge is -2.23. The van der Waals surface area contributed by atoms with Crippen molar-refractivity contribution in [3.8, 4) is 11.1 Å². The van der Waals surface area contributed by atoms with Gasteiger partial charge in [-0.2, -0.15) is 0 Å². The summed E-state index contributed by atoms with van der Waals surface area (Å²) in [5.74, 6) is 0. The lowest BCUT2D eigenvalue weighted by molar-refractivity contribution is -0.133. The van der Waals surface area contributed by atoms with E-state index in [1.807, 2.05) is 0 Å². The zero-order valence-electron chi connectivity index (χ0n) is 12.0. The molecule has 0 aromatic heterocycles. The second-order valence-corrected chi connectivity index (χ2v) is 5.69. The number of ether oxygens (including phenoxy) is 2. The highest BCUT2D eigenvalue weighted by Crippen LogP contribution is 2.37. The number of hydrogen-bond donors (Lipinski definition) is 1. The van der Waals surface area contributed by atoms with Crippen molar-refractivity contribution < 1.29 is 9.47 Å². The van der Waals surface area contributed by atoms with Crippen LogP contribution in [0.2, 0.25) is 0 Å². The van der Waals surface area contributed by atoms with Crippen LogP contribution in [0.4, 0.5) is 5.69 Å². The van der Waals surface area contributed by atoms with Gasteiger partial charge in [0.2, 0.25) is 0 Å². The molecule has 0 radical (unpaired) electrons. The molecule has 1 atom stereocenters. The van der Waals surface area contributed by atoms with Crippen LogP contribution in [0.5, 0.6) is 0 Å². The minimum absolute atomic E-state index is 0.254. The van der Waals surface area contributed by atoms with E-state index in [1.165, 1.54) is 27.9 Å². The smallest absolute Gasteiger partial charge is 0.147 e. The van der Waals surface area contributed by atoms with E-state index >= 15 is 0 Å². The molecule has 1 N–H and O–H groups in total. The normalized spacial score (nSPS) is 19.9. The molecule has 2 aromatic rings.